The van der Waals surface area contributed by atoms with Gasteiger partial charge in [-0.05, 0) is 32.3 Å². The molecule has 0 saturated carbocycles. The molecular weight excluding hydrogens is 304 g/mol. The second kappa shape index (κ2) is 7.99. The number of benzene rings is 1. The molecule has 0 spiro atoms. The van der Waals surface area contributed by atoms with Crippen LogP contribution in [-0.4, -0.2) is 30.6 Å². The van der Waals surface area contributed by atoms with Crippen LogP contribution in [-0.2, 0) is 9.53 Å². The van der Waals surface area contributed by atoms with Crippen molar-refractivity contribution in [1.82, 2.24) is 10.2 Å². The van der Waals surface area contributed by atoms with Gasteiger partial charge in [-0.25, -0.2) is 9.59 Å². The average molecular weight is 330 g/mol. The lowest BCUT2D eigenvalue weighted by atomic mass is 9.92. The molecule has 0 radical (unpaired) electrons. The molecule has 24 heavy (non-hydrogen) atoms. The molecule has 0 fully saturated rings. The maximum Gasteiger partial charge on any atom is 0.338 e. The van der Waals surface area contributed by atoms with Gasteiger partial charge in [-0.1, -0.05) is 43.2 Å². The monoisotopic (exact) mass is 330 g/mol. The number of esters is 1. The van der Waals surface area contributed by atoms with Gasteiger partial charge in [0.1, 0.15) is 0 Å². The molecule has 5 nitrogen and oxygen atoms in total. The van der Waals surface area contributed by atoms with Crippen molar-refractivity contribution in [3.8, 4) is 0 Å². The van der Waals surface area contributed by atoms with Gasteiger partial charge in [0, 0.05) is 12.7 Å². The third-order valence-corrected chi connectivity index (χ3v) is 4.25. The summed E-state index contributed by atoms with van der Waals surface area (Å²) in [5.41, 5.74) is 3.31. The predicted octanol–water partition coefficient (Wildman–Crippen LogP) is 3.70. The fourth-order valence-corrected chi connectivity index (χ4v) is 2.86. The van der Waals surface area contributed by atoms with E-state index in [9.17, 15) is 9.59 Å². The lowest BCUT2D eigenvalue weighted by Crippen LogP contribution is -2.46. The first kappa shape index (κ1) is 18.0. The van der Waals surface area contributed by atoms with E-state index in [1.54, 1.807) is 14.0 Å². The first-order valence-electron chi connectivity index (χ1n) is 8.50. The molecule has 5 heteroatoms. The summed E-state index contributed by atoms with van der Waals surface area (Å²) in [5.74, 6) is -0.360. The maximum atomic E-state index is 12.6. The van der Waals surface area contributed by atoms with Crippen LogP contribution < -0.4 is 5.32 Å². The van der Waals surface area contributed by atoms with Crippen LogP contribution in [0.1, 0.15) is 50.3 Å². The number of rotatable bonds is 6. The number of unbranched alkanes of at least 4 members (excludes halogenated alkanes) is 1. The molecular formula is C19H26N2O3. The second-order valence-corrected chi connectivity index (χ2v) is 6.04. The molecule has 1 heterocycles. The van der Waals surface area contributed by atoms with E-state index in [-0.39, 0.29) is 12.0 Å². The number of carbonyl (C=O) groups is 2. The lowest BCUT2D eigenvalue weighted by molar-refractivity contribution is -0.139. The van der Waals surface area contributed by atoms with Gasteiger partial charge < -0.3 is 15.0 Å². The van der Waals surface area contributed by atoms with Crippen LogP contribution in [0.2, 0.25) is 0 Å². The Morgan fingerprint density at radius 2 is 1.92 bits per heavy atom. The van der Waals surface area contributed by atoms with Crippen LogP contribution in [0.5, 0.6) is 0 Å². The number of urea groups is 1. The molecule has 1 aromatic carbocycles. The van der Waals surface area contributed by atoms with Gasteiger partial charge in [0.25, 0.3) is 0 Å². The third-order valence-electron chi connectivity index (χ3n) is 4.25. The minimum absolute atomic E-state index is 0.195. The SMILES string of the molecule is CCCCC1=C(C(=O)OCC)C(c2ccc(C)cc2)NC(=O)N1C. The molecule has 2 amide bonds. The van der Waals surface area contributed by atoms with E-state index in [2.05, 4.69) is 12.2 Å². The van der Waals surface area contributed by atoms with E-state index in [4.69, 9.17) is 4.74 Å². The highest BCUT2D eigenvalue weighted by molar-refractivity contribution is 5.95. The van der Waals surface area contributed by atoms with E-state index in [1.165, 1.54) is 4.90 Å². The van der Waals surface area contributed by atoms with Crippen LogP contribution in [0.3, 0.4) is 0 Å². The van der Waals surface area contributed by atoms with Crippen LogP contribution in [0.15, 0.2) is 35.5 Å². The molecule has 1 unspecified atom stereocenters. The summed E-state index contributed by atoms with van der Waals surface area (Å²) in [6, 6.07) is 7.19. The number of ether oxygens (including phenoxy) is 1. The summed E-state index contributed by atoms with van der Waals surface area (Å²) in [7, 11) is 1.70. The van der Waals surface area contributed by atoms with Gasteiger partial charge in [0.2, 0.25) is 0 Å². The molecule has 130 valence electrons. The molecule has 0 aromatic heterocycles. The summed E-state index contributed by atoms with van der Waals surface area (Å²) in [6.07, 6.45) is 2.58. The van der Waals surface area contributed by atoms with E-state index < -0.39 is 6.04 Å². The Balaban J connectivity index is 2.52. The molecule has 2 rings (SSSR count). The molecule has 1 atom stereocenters. The Kier molecular flexibility index (Phi) is 6.01. The third kappa shape index (κ3) is 3.78. The number of hydrogen-bond acceptors (Lipinski definition) is 3. The van der Waals surface area contributed by atoms with Crippen molar-refractivity contribution in [2.45, 2.75) is 46.1 Å². The average Bonchev–Trinajstić information content (AvgIpc) is 2.56. The fourth-order valence-electron chi connectivity index (χ4n) is 2.86. The summed E-state index contributed by atoms with van der Waals surface area (Å²) in [6.45, 7) is 6.19. The van der Waals surface area contributed by atoms with Gasteiger partial charge in [-0.3, -0.25) is 0 Å². The van der Waals surface area contributed by atoms with Crippen molar-refractivity contribution >= 4 is 12.0 Å². The Morgan fingerprint density at radius 1 is 1.25 bits per heavy atom. The van der Waals surface area contributed by atoms with Crippen LogP contribution >= 0.6 is 0 Å². The zero-order valence-electron chi connectivity index (χ0n) is 14.9. The van der Waals surface area contributed by atoms with Crippen LogP contribution in [0, 0.1) is 6.92 Å². The Bertz CT molecular complexity index is 635. The quantitative estimate of drug-likeness (QED) is 0.809. The molecule has 0 bridgehead atoms. The number of nitrogens with one attached hydrogen (secondary N) is 1. The lowest BCUT2D eigenvalue weighted by Gasteiger charge is -2.34. The predicted molar refractivity (Wildman–Crippen MR) is 93.4 cm³/mol. The Morgan fingerprint density at radius 3 is 2.50 bits per heavy atom. The van der Waals surface area contributed by atoms with E-state index in [1.807, 2.05) is 31.2 Å². The summed E-state index contributed by atoms with van der Waals surface area (Å²) < 4.78 is 5.28. The summed E-state index contributed by atoms with van der Waals surface area (Å²) in [4.78, 5) is 26.5. The van der Waals surface area contributed by atoms with Crippen LogP contribution in [0.25, 0.3) is 0 Å². The summed E-state index contributed by atoms with van der Waals surface area (Å²) >= 11 is 0. The molecule has 1 aromatic rings. The van der Waals surface area contributed by atoms with Gasteiger partial charge in [0.15, 0.2) is 0 Å². The van der Waals surface area contributed by atoms with Gasteiger partial charge in [-0.15, -0.1) is 0 Å². The van der Waals surface area contributed by atoms with Gasteiger partial charge in [0.05, 0.1) is 18.2 Å². The molecule has 0 saturated heterocycles. The smallest absolute Gasteiger partial charge is 0.338 e. The highest BCUT2D eigenvalue weighted by atomic mass is 16.5. The maximum absolute atomic E-state index is 12.6. The topological polar surface area (TPSA) is 58.6 Å². The number of nitrogens with zero attached hydrogens (tertiary/aromatic N) is 1. The minimum Gasteiger partial charge on any atom is -0.463 e. The zero-order chi connectivity index (χ0) is 17.7. The van der Waals surface area contributed by atoms with Crippen molar-refractivity contribution < 1.29 is 14.3 Å². The highest BCUT2D eigenvalue weighted by Gasteiger charge is 2.36. The van der Waals surface area contributed by atoms with E-state index in [0.717, 1.165) is 29.7 Å². The number of amides is 2. The van der Waals surface area contributed by atoms with Gasteiger partial charge >= 0.3 is 12.0 Å². The molecule has 0 aliphatic carbocycles. The Hall–Kier alpha value is -2.30. The second-order valence-electron chi connectivity index (χ2n) is 6.04. The fraction of sp³-hybridized carbons (Fsp3) is 0.474. The molecule has 1 aliphatic rings. The molecule has 1 aliphatic heterocycles. The molecule has 1 N–H and O–H groups in total. The largest absolute Gasteiger partial charge is 0.463 e. The Labute approximate surface area is 143 Å². The normalized spacial score (nSPS) is 17.8. The zero-order valence-corrected chi connectivity index (χ0v) is 14.9. The first-order valence-corrected chi connectivity index (χ1v) is 8.50. The van der Waals surface area contributed by atoms with Crippen molar-refractivity contribution in [1.29, 1.82) is 0 Å². The van der Waals surface area contributed by atoms with Gasteiger partial charge in [-0.2, -0.15) is 0 Å². The standard InChI is InChI=1S/C19H26N2O3/c1-5-7-8-15-16(18(22)24-6-2)17(20-19(23)21(15)4)14-11-9-13(3)10-12-14/h9-12,17H,5-8H2,1-4H3,(H,20,23). The minimum atomic E-state index is -0.472. The van der Waals surface area contributed by atoms with Crippen LogP contribution in [0.4, 0.5) is 4.79 Å². The number of carbonyl (C=O) groups excluding carboxylic acids is 2. The number of aryl methyl sites for hydroxylation is 1. The number of allylic oxidation sites excluding steroid dienone is 1. The van der Waals surface area contributed by atoms with Crippen molar-refractivity contribution in [3.05, 3.63) is 46.7 Å². The highest BCUT2D eigenvalue weighted by Crippen LogP contribution is 2.33. The van der Waals surface area contributed by atoms with Crippen molar-refractivity contribution in [3.63, 3.8) is 0 Å². The first-order chi connectivity index (χ1) is 11.5. The van der Waals surface area contributed by atoms with Crippen molar-refractivity contribution in [2.75, 3.05) is 13.7 Å². The number of hydrogen-bond donors (Lipinski definition) is 1. The van der Waals surface area contributed by atoms with E-state index >= 15 is 0 Å². The van der Waals surface area contributed by atoms with E-state index in [0.29, 0.717) is 18.6 Å². The summed E-state index contributed by atoms with van der Waals surface area (Å²) in [5, 5.41) is 2.93. The van der Waals surface area contributed by atoms with Crippen molar-refractivity contribution in [2.24, 2.45) is 0 Å².